The van der Waals surface area contributed by atoms with Gasteiger partial charge in [-0.15, -0.1) is 0 Å². The van der Waals surface area contributed by atoms with E-state index >= 15 is 0 Å². The lowest BCUT2D eigenvalue weighted by Crippen LogP contribution is -1.91. The molecule has 0 bridgehead atoms. The zero-order valence-electron chi connectivity index (χ0n) is 6.47. The Balaban J connectivity index is 2.29. The summed E-state index contributed by atoms with van der Waals surface area (Å²) in [5, 5.41) is 9.96. The first-order valence-electron chi connectivity index (χ1n) is 3.60. The van der Waals surface area contributed by atoms with Crippen LogP contribution in [0.15, 0.2) is 30.3 Å². The van der Waals surface area contributed by atoms with Crippen LogP contribution in [0, 0.1) is 10.1 Å². The molecule has 0 fully saturated rings. The summed E-state index contributed by atoms with van der Waals surface area (Å²) < 4.78 is -0.358. The van der Waals surface area contributed by atoms with Crippen molar-refractivity contribution in [2.24, 2.45) is 0 Å². The Hall–Kier alpha value is -1.03. The van der Waals surface area contributed by atoms with Crippen LogP contribution in [0.25, 0.3) is 0 Å². The van der Waals surface area contributed by atoms with Gasteiger partial charge in [-0.25, -0.2) is 0 Å². The highest BCUT2D eigenvalue weighted by Gasteiger charge is 2.00. The van der Waals surface area contributed by atoms with Crippen LogP contribution in [0.4, 0.5) is 0 Å². The van der Waals surface area contributed by atoms with E-state index in [0.29, 0.717) is 5.75 Å². The van der Waals surface area contributed by atoms with Gasteiger partial charge >= 0.3 is 0 Å². The minimum Gasteiger partial charge on any atom is -0.251 e. The fraction of sp³-hybridized carbons (Fsp3) is 0.250. The van der Waals surface area contributed by atoms with Crippen molar-refractivity contribution in [1.29, 1.82) is 0 Å². The lowest BCUT2D eigenvalue weighted by atomic mass is 10.2. The predicted molar refractivity (Wildman–Crippen MR) is 49.6 cm³/mol. The summed E-state index contributed by atoms with van der Waals surface area (Å²) in [5.74, 6) is 0.539. The van der Waals surface area contributed by atoms with E-state index in [0.717, 1.165) is 23.9 Å². The first kappa shape index (κ1) is 9.06. The van der Waals surface area contributed by atoms with E-state index in [1.807, 2.05) is 30.3 Å². The molecule has 0 aliphatic carbocycles. The van der Waals surface area contributed by atoms with Crippen LogP contribution in [-0.4, -0.2) is 10.1 Å². The van der Waals surface area contributed by atoms with Crippen LogP contribution in [0.2, 0.25) is 0 Å². The molecule has 0 aliphatic heterocycles. The molecule has 0 saturated carbocycles. The average molecular weight is 183 g/mol. The van der Waals surface area contributed by atoms with Crippen molar-refractivity contribution >= 4 is 11.9 Å². The summed E-state index contributed by atoms with van der Waals surface area (Å²) in [7, 11) is 0. The van der Waals surface area contributed by atoms with Crippen molar-refractivity contribution in [2.45, 2.75) is 6.42 Å². The van der Waals surface area contributed by atoms with E-state index in [9.17, 15) is 10.1 Å². The van der Waals surface area contributed by atoms with Gasteiger partial charge in [-0.2, -0.15) is 0 Å². The maximum Gasteiger partial charge on any atom is 0.228 e. The highest BCUT2D eigenvalue weighted by Crippen LogP contribution is 2.06. The second kappa shape index (κ2) is 4.77. The topological polar surface area (TPSA) is 43.1 Å². The van der Waals surface area contributed by atoms with E-state index in [1.54, 1.807) is 0 Å². The number of nitrogens with zero attached hydrogens (tertiary/aromatic N) is 1. The molecule has 0 unspecified atom stereocenters. The molecular weight excluding hydrogens is 174 g/mol. The predicted octanol–water partition coefficient (Wildman–Crippen LogP) is 2.15. The van der Waals surface area contributed by atoms with Gasteiger partial charge < -0.3 is 0 Å². The molecule has 1 rings (SSSR count). The maximum atomic E-state index is 9.96. The summed E-state index contributed by atoms with van der Waals surface area (Å²) in [6.45, 7) is 0. The third kappa shape index (κ3) is 3.39. The molecule has 0 N–H and O–H groups in total. The van der Waals surface area contributed by atoms with Crippen molar-refractivity contribution in [3.05, 3.63) is 46.0 Å². The van der Waals surface area contributed by atoms with Gasteiger partial charge in [0.2, 0.25) is 11.9 Å². The fourth-order valence-corrected chi connectivity index (χ4v) is 1.36. The van der Waals surface area contributed by atoms with Crippen LogP contribution in [0.3, 0.4) is 0 Å². The van der Waals surface area contributed by atoms with Crippen molar-refractivity contribution in [1.82, 2.24) is 0 Å². The van der Waals surface area contributed by atoms with Crippen LogP contribution in [-0.2, 0) is 6.42 Å². The summed E-state index contributed by atoms with van der Waals surface area (Å²) in [6.07, 6.45) is 0.756. The van der Waals surface area contributed by atoms with Crippen LogP contribution >= 0.6 is 11.9 Å². The second-order valence-corrected chi connectivity index (χ2v) is 3.26. The highest BCUT2D eigenvalue weighted by molar-refractivity contribution is 7.93. The monoisotopic (exact) mass is 183 g/mol. The molecule has 0 spiro atoms. The smallest absolute Gasteiger partial charge is 0.228 e. The van der Waals surface area contributed by atoms with Crippen LogP contribution in [0.5, 0.6) is 0 Å². The summed E-state index contributed by atoms with van der Waals surface area (Å²) in [4.78, 5) is 9.96. The molecular formula is C8H9NO2S. The first-order chi connectivity index (χ1) is 5.79. The molecule has 0 radical (unpaired) electrons. The van der Waals surface area contributed by atoms with Crippen molar-refractivity contribution < 1.29 is 4.33 Å². The number of rotatable bonds is 4. The Kier molecular flexibility index (Phi) is 3.60. The molecule has 1 aromatic carbocycles. The zero-order chi connectivity index (χ0) is 8.81. The molecule has 64 valence electrons. The standard InChI is InChI=1S/C8H9NO2S/c10-9(11)12-7-6-8-4-2-1-3-5-8/h1-5H,6-7H2. The minimum atomic E-state index is -0.358. The minimum absolute atomic E-state index is 0.358. The molecule has 0 aliphatic rings. The second-order valence-electron chi connectivity index (χ2n) is 2.29. The molecule has 0 saturated heterocycles. The van der Waals surface area contributed by atoms with Gasteiger partial charge in [0.25, 0.3) is 0 Å². The van der Waals surface area contributed by atoms with Gasteiger partial charge in [0.1, 0.15) is 4.33 Å². The van der Waals surface area contributed by atoms with E-state index in [-0.39, 0.29) is 4.33 Å². The molecule has 0 aromatic heterocycles. The molecule has 0 amide bonds. The van der Waals surface area contributed by atoms with Gasteiger partial charge in [-0.1, -0.05) is 30.3 Å². The number of nitro groups is 1. The molecule has 0 heterocycles. The number of hydrogen-bond acceptors (Lipinski definition) is 3. The largest absolute Gasteiger partial charge is 0.251 e. The van der Waals surface area contributed by atoms with E-state index in [4.69, 9.17) is 0 Å². The summed E-state index contributed by atoms with van der Waals surface area (Å²) in [5.41, 5.74) is 1.15. The Morgan fingerprint density at radius 2 is 2.00 bits per heavy atom. The van der Waals surface area contributed by atoms with E-state index in [1.165, 1.54) is 0 Å². The molecule has 0 atom stereocenters. The Morgan fingerprint density at radius 3 is 2.58 bits per heavy atom. The van der Waals surface area contributed by atoms with Gasteiger partial charge in [0, 0.05) is 0 Å². The average Bonchev–Trinajstić information content (AvgIpc) is 2.05. The van der Waals surface area contributed by atoms with E-state index in [2.05, 4.69) is 0 Å². The number of aryl methyl sites for hydroxylation is 1. The first-order valence-corrected chi connectivity index (χ1v) is 4.54. The maximum absolute atomic E-state index is 9.96. The van der Waals surface area contributed by atoms with Gasteiger partial charge in [0.15, 0.2) is 0 Å². The summed E-state index contributed by atoms with van der Waals surface area (Å²) >= 11 is 0.748. The summed E-state index contributed by atoms with van der Waals surface area (Å²) in [6, 6.07) is 9.75. The molecule has 12 heavy (non-hydrogen) atoms. The number of hydrogen-bond donors (Lipinski definition) is 0. The third-order valence-electron chi connectivity index (χ3n) is 1.43. The van der Waals surface area contributed by atoms with Crippen molar-refractivity contribution in [3.63, 3.8) is 0 Å². The Bertz CT molecular complexity index is 250. The Labute approximate surface area is 75.1 Å². The van der Waals surface area contributed by atoms with Crippen molar-refractivity contribution in [3.8, 4) is 0 Å². The lowest BCUT2D eigenvalue weighted by molar-refractivity contribution is -0.284. The van der Waals surface area contributed by atoms with Gasteiger partial charge in [0.05, 0.1) is 5.75 Å². The number of benzene rings is 1. The highest BCUT2D eigenvalue weighted by atomic mass is 32.2. The third-order valence-corrected chi connectivity index (χ3v) is 2.03. The normalized spacial score (nSPS) is 9.67. The molecule has 4 heteroatoms. The quantitative estimate of drug-likeness (QED) is 0.408. The van der Waals surface area contributed by atoms with Gasteiger partial charge in [-0.3, -0.25) is 10.1 Å². The van der Waals surface area contributed by atoms with Crippen LogP contribution < -0.4 is 0 Å². The Morgan fingerprint density at radius 1 is 1.33 bits per heavy atom. The van der Waals surface area contributed by atoms with E-state index < -0.39 is 0 Å². The lowest BCUT2D eigenvalue weighted by Gasteiger charge is -1.94. The SMILES string of the molecule is O=[N+]([O-])SCCc1ccccc1. The fourth-order valence-electron chi connectivity index (χ4n) is 0.883. The molecule has 3 nitrogen and oxygen atoms in total. The van der Waals surface area contributed by atoms with Crippen molar-refractivity contribution in [2.75, 3.05) is 5.75 Å². The van der Waals surface area contributed by atoms with Crippen LogP contribution in [0.1, 0.15) is 5.56 Å². The zero-order valence-corrected chi connectivity index (χ0v) is 7.29. The molecule has 1 aromatic rings. The van der Waals surface area contributed by atoms with Gasteiger partial charge in [-0.05, 0) is 12.0 Å².